The number of fused-ring (bicyclic) bond motifs is 2. The number of ether oxygens (including phenoxy) is 1. The summed E-state index contributed by atoms with van der Waals surface area (Å²) in [6.45, 7) is 1.98. The molecule has 1 N–H and O–H groups in total. The van der Waals surface area contributed by atoms with E-state index in [9.17, 15) is 9.59 Å². The van der Waals surface area contributed by atoms with Gasteiger partial charge in [-0.1, -0.05) is 61.7 Å². The van der Waals surface area contributed by atoms with E-state index in [2.05, 4.69) is 5.32 Å². The van der Waals surface area contributed by atoms with Crippen LogP contribution in [-0.4, -0.2) is 33.0 Å². The van der Waals surface area contributed by atoms with Crippen LogP contribution in [0.25, 0.3) is 28.3 Å². The third-order valence-electron chi connectivity index (χ3n) is 6.38. The summed E-state index contributed by atoms with van der Waals surface area (Å²) in [4.78, 5) is 36.0. The average molecular weight is 469 g/mol. The zero-order valence-electron chi connectivity index (χ0n) is 19.7. The standard InChI is InChI=1S/C28H28N4O3/c1-2-35-28(34)24-25-27(30-22-16-10-9-15-21(22)29-25)32(20-13-7-4-8-14-20)26(24)31-23(33)18-17-19-11-5-3-6-12-19/h3,5-6,9-12,15-18,20H,2,4,7-8,13-14H2,1H3,(H,31,33)/b18-17+. The number of carbonyl (C=O) groups is 2. The fourth-order valence-electron chi connectivity index (χ4n) is 4.77. The van der Waals surface area contributed by atoms with Gasteiger partial charge in [-0.15, -0.1) is 0 Å². The second-order valence-electron chi connectivity index (χ2n) is 8.72. The molecule has 7 nitrogen and oxygen atoms in total. The van der Waals surface area contributed by atoms with E-state index in [4.69, 9.17) is 14.7 Å². The van der Waals surface area contributed by atoms with Crippen LogP contribution in [0.2, 0.25) is 0 Å². The summed E-state index contributed by atoms with van der Waals surface area (Å²) >= 11 is 0. The van der Waals surface area contributed by atoms with Crippen molar-refractivity contribution in [2.24, 2.45) is 0 Å². The minimum absolute atomic E-state index is 0.110. The van der Waals surface area contributed by atoms with E-state index >= 15 is 0 Å². The van der Waals surface area contributed by atoms with Gasteiger partial charge < -0.3 is 14.6 Å². The van der Waals surface area contributed by atoms with Gasteiger partial charge in [-0.25, -0.2) is 14.8 Å². The Kier molecular flexibility index (Phi) is 6.57. The Morgan fingerprint density at radius 2 is 1.69 bits per heavy atom. The highest BCUT2D eigenvalue weighted by Gasteiger charge is 2.31. The SMILES string of the molecule is CCOC(=O)c1c(NC(=O)/C=C/c2ccccc2)n(C2CCCCC2)c2nc3ccccc3nc12. The van der Waals surface area contributed by atoms with Gasteiger partial charge in [-0.2, -0.15) is 0 Å². The molecule has 0 unspecified atom stereocenters. The highest BCUT2D eigenvalue weighted by molar-refractivity contribution is 6.13. The largest absolute Gasteiger partial charge is 0.462 e. The number of rotatable bonds is 6. The minimum atomic E-state index is -0.515. The van der Waals surface area contributed by atoms with Crippen molar-refractivity contribution in [2.45, 2.75) is 45.1 Å². The van der Waals surface area contributed by atoms with E-state index in [0.717, 1.165) is 36.8 Å². The monoisotopic (exact) mass is 468 g/mol. The molecule has 1 aliphatic carbocycles. The second-order valence-corrected chi connectivity index (χ2v) is 8.72. The Morgan fingerprint density at radius 1 is 1.00 bits per heavy atom. The molecule has 35 heavy (non-hydrogen) atoms. The number of para-hydroxylation sites is 2. The molecule has 0 aliphatic heterocycles. The van der Waals surface area contributed by atoms with Gasteiger partial charge in [0, 0.05) is 12.1 Å². The van der Waals surface area contributed by atoms with Gasteiger partial charge >= 0.3 is 5.97 Å². The number of amides is 1. The summed E-state index contributed by atoms with van der Waals surface area (Å²) < 4.78 is 7.42. The number of nitrogens with one attached hydrogen (secondary N) is 1. The molecule has 0 saturated heterocycles. The van der Waals surface area contributed by atoms with Crippen molar-refractivity contribution in [1.82, 2.24) is 14.5 Å². The smallest absolute Gasteiger partial charge is 0.344 e. The Balaban J connectivity index is 1.67. The minimum Gasteiger partial charge on any atom is -0.462 e. The van der Waals surface area contributed by atoms with E-state index in [1.165, 1.54) is 12.5 Å². The molecule has 7 heteroatoms. The number of anilines is 1. The maximum Gasteiger partial charge on any atom is 0.344 e. The summed E-state index contributed by atoms with van der Waals surface area (Å²) in [5.41, 5.74) is 3.65. The van der Waals surface area contributed by atoms with E-state index in [1.807, 2.05) is 59.2 Å². The van der Waals surface area contributed by atoms with Gasteiger partial charge in [0.05, 0.1) is 17.6 Å². The lowest BCUT2D eigenvalue weighted by molar-refractivity contribution is -0.111. The van der Waals surface area contributed by atoms with Crippen LogP contribution >= 0.6 is 0 Å². The summed E-state index contributed by atoms with van der Waals surface area (Å²) in [5.74, 6) is -0.439. The fraction of sp³-hybridized carbons (Fsp3) is 0.286. The Labute approximate surface area is 203 Å². The first-order valence-electron chi connectivity index (χ1n) is 12.2. The molecule has 1 saturated carbocycles. The average Bonchev–Trinajstić information content (AvgIpc) is 3.19. The molecule has 0 bridgehead atoms. The normalized spacial score (nSPS) is 14.5. The molecule has 0 spiro atoms. The fourth-order valence-corrected chi connectivity index (χ4v) is 4.77. The van der Waals surface area contributed by atoms with Crippen molar-refractivity contribution >= 4 is 46.0 Å². The van der Waals surface area contributed by atoms with Gasteiger partial charge in [0.2, 0.25) is 5.91 Å². The van der Waals surface area contributed by atoms with Crippen molar-refractivity contribution in [3.05, 3.63) is 71.8 Å². The predicted molar refractivity (Wildman–Crippen MR) is 137 cm³/mol. The van der Waals surface area contributed by atoms with Crippen LogP contribution in [0.3, 0.4) is 0 Å². The van der Waals surface area contributed by atoms with Crippen LogP contribution in [0.1, 0.15) is 61.0 Å². The first-order valence-corrected chi connectivity index (χ1v) is 12.2. The van der Waals surface area contributed by atoms with Crippen LogP contribution in [-0.2, 0) is 9.53 Å². The van der Waals surface area contributed by atoms with E-state index in [-0.39, 0.29) is 24.1 Å². The molecule has 0 atom stereocenters. The van der Waals surface area contributed by atoms with Gasteiger partial charge in [0.25, 0.3) is 0 Å². The molecule has 1 fully saturated rings. The van der Waals surface area contributed by atoms with Crippen molar-refractivity contribution in [1.29, 1.82) is 0 Å². The second kappa shape index (κ2) is 10.1. The van der Waals surface area contributed by atoms with Crippen molar-refractivity contribution in [3.63, 3.8) is 0 Å². The number of aromatic nitrogens is 3. The summed E-state index contributed by atoms with van der Waals surface area (Å²) in [6.07, 6.45) is 8.47. The summed E-state index contributed by atoms with van der Waals surface area (Å²) in [6, 6.07) is 17.3. The van der Waals surface area contributed by atoms with Crippen molar-refractivity contribution in [3.8, 4) is 0 Å². The number of esters is 1. The lowest BCUT2D eigenvalue weighted by Crippen LogP contribution is -2.20. The van der Waals surface area contributed by atoms with Gasteiger partial charge in [-0.05, 0) is 43.5 Å². The molecule has 1 aliphatic rings. The molecule has 2 aromatic heterocycles. The molecule has 4 aromatic rings. The van der Waals surface area contributed by atoms with Gasteiger partial charge in [0.1, 0.15) is 16.9 Å². The van der Waals surface area contributed by atoms with Crippen LogP contribution in [0.15, 0.2) is 60.7 Å². The molecular formula is C28H28N4O3. The first-order chi connectivity index (χ1) is 17.2. The van der Waals surface area contributed by atoms with E-state index in [0.29, 0.717) is 22.5 Å². The molecule has 5 rings (SSSR count). The molecule has 178 valence electrons. The topological polar surface area (TPSA) is 86.1 Å². The summed E-state index contributed by atoms with van der Waals surface area (Å²) in [5, 5.41) is 2.99. The number of hydrogen-bond donors (Lipinski definition) is 1. The van der Waals surface area contributed by atoms with E-state index in [1.54, 1.807) is 13.0 Å². The van der Waals surface area contributed by atoms with E-state index < -0.39 is 5.97 Å². The Hall–Kier alpha value is -4.00. The maximum atomic E-state index is 13.2. The maximum absolute atomic E-state index is 13.2. The highest BCUT2D eigenvalue weighted by Crippen LogP contribution is 2.38. The predicted octanol–water partition coefficient (Wildman–Crippen LogP) is 5.92. The highest BCUT2D eigenvalue weighted by atomic mass is 16.5. The molecule has 2 aromatic carbocycles. The van der Waals surface area contributed by atoms with Crippen molar-refractivity contribution in [2.75, 3.05) is 11.9 Å². The van der Waals surface area contributed by atoms with Crippen molar-refractivity contribution < 1.29 is 14.3 Å². The van der Waals surface area contributed by atoms with Gasteiger partial charge in [0.15, 0.2) is 5.65 Å². The van der Waals surface area contributed by atoms with Crippen LogP contribution in [0.4, 0.5) is 5.82 Å². The van der Waals surface area contributed by atoms with Crippen LogP contribution in [0, 0.1) is 0 Å². The lowest BCUT2D eigenvalue weighted by atomic mass is 9.95. The summed E-state index contributed by atoms with van der Waals surface area (Å²) in [7, 11) is 0. The Morgan fingerprint density at radius 3 is 2.40 bits per heavy atom. The number of benzene rings is 2. The first kappa shape index (κ1) is 22.8. The zero-order chi connectivity index (χ0) is 24.2. The number of carbonyl (C=O) groups excluding carboxylic acids is 2. The van der Waals surface area contributed by atoms with Crippen LogP contribution < -0.4 is 5.32 Å². The van der Waals surface area contributed by atoms with Crippen LogP contribution in [0.5, 0.6) is 0 Å². The molecule has 1 amide bonds. The molecule has 2 heterocycles. The third-order valence-corrected chi connectivity index (χ3v) is 6.38. The quantitative estimate of drug-likeness (QED) is 0.280. The lowest BCUT2D eigenvalue weighted by Gasteiger charge is -2.26. The molecular weight excluding hydrogens is 440 g/mol. The molecule has 0 radical (unpaired) electrons. The van der Waals surface area contributed by atoms with Gasteiger partial charge in [-0.3, -0.25) is 4.79 Å². The zero-order valence-corrected chi connectivity index (χ0v) is 19.7. The number of nitrogens with zero attached hydrogens (tertiary/aromatic N) is 3. The Bertz CT molecular complexity index is 1400. The number of hydrogen-bond acceptors (Lipinski definition) is 5. The third kappa shape index (κ3) is 4.67.